The number of halogens is 1. The van der Waals surface area contributed by atoms with Gasteiger partial charge in [-0.1, -0.05) is 44.2 Å². The number of hydrogen-bond acceptors (Lipinski definition) is 4. The molecule has 7 heteroatoms. The van der Waals surface area contributed by atoms with Gasteiger partial charge in [-0.05, 0) is 47.0 Å². The molecule has 6 nitrogen and oxygen atoms in total. The number of amides is 2. The lowest BCUT2D eigenvalue weighted by atomic mass is 10.0. The minimum atomic E-state index is -0.816. The summed E-state index contributed by atoms with van der Waals surface area (Å²) in [5.41, 5.74) is 3.50. The zero-order chi connectivity index (χ0) is 22.4. The highest BCUT2D eigenvalue weighted by molar-refractivity contribution is 6.03. The van der Waals surface area contributed by atoms with E-state index >= 15 is 0 Å². The predicted molar refractivity (Wildman–Crippen MR) is 119 cm³/mol. The highest BCUT2D eigenvalue weighted by Gasteiger charge is 2.24. The van der Waals surface area contributed by atoms with E-state index in [1.165, 1.54) is 30.5 Å². The van der Waals surface area contributed by atoms with Gasteiger partial charge in [-0.15, -0.1) is 0 Å². The molecular weight excluding hydrogens is 397 g/mol. The summed E-state index contributed by atoms with van der Waals surface area (Å²) in [7, 11) is 1.57. The van der Waals surface area contributed by atoms with Crippen molar-refractivity contribution >= 4 is 28.8 Å². The number of carbonyl (C=O) groups is 2. The molecule has 0 spiro atoms. The first-order valence-electron chi connectivity index (χ1n) is 9.85. The summed E-state index contributed by atoms with van der Waals surface area (Å²) in [6.45, 7) is 3.62. The minimum absolute atomic E-state index is 0.188. The molecule has 1 unspecified atom stereocenters. The van der Waals surface area contributed by atoms with Gasteiger partial charge in [0.15, 0.2) is 0 Å². The highest BCUT2D eigenvalue weighted by atomic mass is 19.1. The van der Waals surface area contributed by atoms with Crippen LogP contribution in [0.1, 0.15) is 29.8 Å². The van der Waals surface area contributed by atoms with E-state index in [4.69, 9.17) is 4.74 Å². The lowest BCUT2D eigenvalue weighted by Crippen LogP contribution is -2.48. The smallest absolute Gasteiger partial charge is 0.262 e. The van der Waals surface area contributed by atoms with Gasteiger partial charge in [0.05, 0.1) is 13.3 Å². The van der Waals surface area contributed by atoms with Crippen molar-refractivity contribution in [2.75, 3.05) is 7.11 Å². The lowest BCUT2D eigenvalue weighted by Gasteiger charge is -2.20. The summed E-state index contributed by atoms with van der Waals surface area (Å²) < 4.78 is 18.5. The number of rotatable bonds is 7. The maximum absolute atomic E-state index is 13.1. The molecular formula is C24H24FN3O3. The maximum atomic E-state index is 13.1. The molecule has 0 aliphatic heterocycles. The molecule has 31 heavy (non-hydrogen) atoms. The van der Waals surface area contributed by atoms with Crippen LogP contribution < -0.4 is 15.5 Å². The lowest BCUT2D eigenvalue weighted by molar-refractivity contribution is -0.123. The van der Waals surface area contributed by atoms with E-state index in [2.05, 4.69) is 15.8 Å². The molecule has 3 aromatic rings. The average Bonchev–Trinajstić information content (AvgIpc) is 2.77. The normalized spacial score (nSPS) is 12.2. The third-order valence-corrected chi connectivity index (χ3v) is 4.86. The topological polar surface area (TPSA) is 79.8 Å². The second kappa shape index (κ2) is 9.84. The third-order valence-electron chi connectivity index (χ3n) is 4.86. The van der Waals surface area contributed by atoms with E-state index in [1.54, 1.807) is 7.11 Å². The van der Waals surface area contributed by atoms with Crippen LogP contribution in [-0.2, 0) is 4.79 Å². The molecule has 0 aliphatic rings. The predicted octanol–water partition coefficient (Wildman–Crippen LogP) is 3.89. The second-order valence-corrected chi connectivity index (χ2v) is 7.34. The number of hydrazone groups is 1. The first-order chi connectivity index (χ1) is 14.9. The Hall–Kier alpha value is -3.74. The van der Waals surface area contributed by atoms with Crippen LogP contribution >= 0.6 is 0 Å². The van der Waals surface area contributed by atoms with Gasteiger partial charge in [-0.25, -0.2) is 9.82 Å². The van der Waals surface area contributed by atoms with Gasteiger partial charge < -0.3 is 10.1 Å². The Morgan fingerprint density at radius 2 is 1.74 bits per heavy atom. The molecule has 2 amide bonds. The Morgan fingerprint density at radius 3 is 2.42 bits per heavy atom. The van der Waals surface area contributed by atoms with Crippen LogP contribution in [0.3, 0.4) is 0 Å². The minimum Gasteiger partial charge on any atom is -0.496 e. The first kappa shape index (κ1) is 22.0. The van der Waals surface area contributed by atoms with Crippen LogP contribution in [0.15, 0.2) is 65.8 Å². The van der Waals surface area contributed by atoms with Gasteiger partial charge in [0.1, 0.15) is 17.6 Å². The Morgan fingerprint density at radius 1 is 1.03 bits per heavy atom. The summed E-state index contributed by atoms with van der Waals surface area (Å²) in [5.74, 6) is -0.921. The Labute approximate surface area is 180 Å². The monoisotopic (exact) mass is 421 g/mol. The fraction of sp³-hybridized carbons (Fsp3) is 0.208. The average molecular weight is 421 g/mol. The van der Waals surface area contributed by atoms with Crippen molar-refractivity contribution in [1.82, 2.24) is 10.7 Å². The van der Waals surface area contributed by atoms with Gasteiger partial charge in [0.2, 0.25) is 0 Å². The molecule has 160 valence electrons. The summed E-state index contributed by atoms with van der Waals surface area (Å²) in [6, 6.07) is 15.9. The van der Waals surface area contributed by atoms with E-state index in [0.717, 1.165) is 16.3 Å². The Bertz CT molecular complexity index is 1110. The summed E-state index contributed by atoms with van der Waals surface area (Å²) in [4.78, 5) is 25.1. The number of fused-ring (bicyclic) bond motifs is 1. The largest absolute Gasteiger partial charge is 0.496 e. The number of carbonyl (C=O) groups excluding carboxylic acids is 2. The molecule has 0 aromatic heterocycles. The quantitative estimate of drug-likeness (QED) is 0.449. The SMILES string of the molecule is COc1ccc2ccccc2c1C=NNC(=O)C(NC(=O)c1ccc(F)cc1)C(C)C. The van der Waals surface area contributed by atoms with Crippen LogP contribution in [0.25, 0.3) is 10.8 Å². The van der Waals surface area contributed by atoms with E-state index < -0.39 is 23.7 Å². The van der Waals surface area contributed by atoms with Gasteiger partial charge in [0, 0.05) is 11.1 Å². The molecule has 2 N–H and O–H groups in total. The van der Waals surface area contributed by atoms with Crippen molar-refractivity contribution in [3.05, 3.63) is 77.6 Å². The summed E-state index contributed by atoms with van der Waals surface area (Å²) >= 11 is 0. The molecule has 0 bridgehead atoms. The Kier molecular flexibility index (Phi) is 6.97. The molecule has 0 saturated carbocycles. The van der Waals surface area contributed by atoms with Crippen LogP contribution in [0, 0.1) is 11.7 Å². The summed E-state index contributed by atoms with van der Waals surface area (Å²) in [6.07, 6.45) is 1.53. The molecule has 0 radical (unpaired) electrons. The van der Waals surface area contributed by atoms with Gasteiger partial charge in [-0.3, -0.25) is 9.59 Å². The van der Waals surface area contributed by atoms with Crippen LogP contribution in [-0.4, -0.2) is 31.2 Å². The number of benzene rings is 3. The molecule has 3 rings (SSSR count). The van der Waals surface area contributed by atoms with Crippen molar-refractivity contribution in [2.24, 2.45) is 11.0 Å². The number of nitrogens with zero attached hydrogens (tertiary/aromatic N) is 1. The van der Waals surface area contributed by atoms with Crippen molar-refractivity contribution in [2.45, 2.75) is 19.9 Å². The van der Waals surface area contributed by atoms with Crippen LogP contribution in [0.5, 0.6) is 5.75 Å². The molecule has 0 saturated heterocycles. The van der Waals surface area contributed by atoms with Crippen LogP contribution in [0.4, 0.5) is 4.39 Å². The van der Waals surface area contributed by atoms with Gasteiger partial charge >= 0.3 is 0 Å². The van der Waals surface area contributed by atoms with E-state index in [-0.39, 0.29) is 11.5 Å². The second-order valence-electron chi connectivity index (χ2n) is 7.34. The molecule has 0 aliphatic carbocycles. The number of nitrogens with one attached hydrogen (secondary N) is 2. The van der Waals surface area contributed by atoms with Crippen molar-refractivity contribution < 1.29 is 18.7 Å². The molecule has 0 fully saturated rings. The van der Waals surface area contributed by atoms with Gasteiger partial charge in [-0.2, -0.15) is 5.10 Å². The highest BCUT2D eigenvalue weighted by Crippen LogP contribution is 2.26. The van der Waals surface area contributed by atoms with E-state index in [1.807, 2.05) is 50.2 Å². The number of ether oxygens (including phenoxy) is 1. The third kappa shape index (κ3) is 5.25. The number of hydrogen-bond donors (Lipinski definition) is 2. The molecule has 0 heterocycles. The summed E-state index contributed by atoms with van der Waals surface area (Å²) in [5, 5.41) is 8.72. The van der Waals surface area contributed by atoms with E-state index in [9.17, 15) is 14.0 Å². The zero-order valence-corrected chi connectivity index (χ0v) is 17.6. The fourth-order valence-electron chi connectivity index (χ4n) is 3.18. The molecule has 1 atom stereocenters. The fourth-order valence-corrected chi connectivity index (χ4v) is 3.18. The number of methoxy groups -OCH3 is 1. The van der Waals surface area contributed by atoms with Crippen molar-refractivity contribution in [3.8, 4) is 5.75 Å². The Balaban J connectivity index is 1.75. The van der Waals surface area contributed by atoms with Crippen molar-refractivity contribution in [3.63, 3.8) is 0 Å². The standard InChI is InChI=1S/C24H24FN3O3/c1-15(2)22(27-23(29)17-8-11-18(25)12-9-17)24(30)28-26-14-20-19-7-5-4-6-16(19)10-13-21(20)31-3/h4-15,22H,1-3H3,(H,27,29)(H,28,30). The first-order valence-corrected chi connectivity index (χ1v) is 9.85. The van der Waals surface area contributed by atoms with E-state index in [0.29, 0.717) is 5.75 Å². The van der Waals surface area contributed by atoms with Crippen molar-refractivity contribution in [1.29, 1.82) is 0 Å². The zero-order valence-electron chi connectivity index (χ0n) is 17.6. The van der Waals surface area contributed by atoms with Crippen LogP contribution in [0.2, 0.25) is 0 Å². The maximum Gasteiger partial charge on any atom is 0.262 e. The molecule has 3 aromatic carbocycles. The van der Waals surface area contributed by atoms with Gasteiger partial charge in [0.25, 0.3) is 11.8 Å².